The van der Waals surface area contributed by atoms with Gasteiger partial charge in [0.05, 0.1) is 6.20 Å². The lowest BCUT2D eigenvalue weighted by Crippen LogP contribution is -2.38. The van der Waals surface area contributed by atoms with Crippen LogP contribution in [0.15, 0.2) is 17.3 Å². The Labute approximate surface area is 125 Å². The highest BCUT2D eigenvalue weighted by molar-refractivity contribution is 7.89. The maximum absolute atomic E-state index is 12.7. The second kappa shape index (κ2) is 7.56. The quantitative estimate of drug-likeness (QED) is 0.746. The van der Waals surface area contributed by atoms with Crippen molar-refractivity contribution in [1.29, 1.82) is 0 Å². The molecule has 0 spiro atoms. The van der Waals surface area contributed by atoms with Gasteiger partial charge in [0.15, 0.2) is 0 Å². The molecule has 1 atom stereocenters. The first-order valence-electron chi connectivity index (χ1n) is 7.09. The number of hydrogen-bond acceptors (Lipinski definition) is 4. The molecule has 0 fully saturated rings. The zero-order chi connectivity index (χ0) is 16.0. The summed E-state index contributed by atoms with van der Waals surface area (Å²) in [5.41, 5.74) is 0. The topological polar surface area (TPSA) is 92.5 Å². The molecule has 120 valence electrons. The molecule has 21 heavy (non-hydrogen) atoms. The van der Waals surface area contributed by atoms with Gasteiger partial charge in [-0.1, -0.05) is 20.3 Å². The van der Waals surface area contributed by atoms with Gasteiger partial charge in [-0.3, -0.25) is 9.48 Å². The van der Waals surface area contributed by atoms with Crippen LogP contribution in [0, 0.1) is 0 Å². The fourth-order valence-electron chi connectivity index (χ4n) is 1.93. The molecular formula is C13H23N3O4S. The van der Waals surface area contributed by atoms with E-state index in [4.69, 9.17) is 5.11 Å². The van der Waals surface area contributed by atoms with Crippen LogP contribution in [0.2, 0.25) is 0 Å². The van der Waals surface area contributed by atoms with Gasteiger partial charge in [0.1, 0.15) is 11.4 Å². The van der Waals surface area contributed by atoms with Crippen molar-refractivity contribution >= 4 is 16.0 Å². The Morgan fingerprint density at radius 3 is 2.67 bits per heavy atom. The van der Waals surface area contributed by atoms with E-state index >= 15 is 0 Å². The monoisotopic (exact) mass is 317 g/mol. The van der Waals surface area contributed by atoms with Crippen molar-refractivity contribution in [3.63, 3.8) is 0 Å². The third-order valence-electron chi connectivity index (χ3n) is 3.33. The summed E-state index contributed by atoms with van der Waals surface area (Å²) >= 11 is 0. The number of carbonyl (C=O) groups is 1. The first kappa shape index (κ1) is 17.6. The summed E-state index contributed by atoms with van der Waals surface area (Å²) in [6, 6.07) is -0.107. The summed E-state index contributed by atoms with van der Waals surface area (Å²) in [6.07, 6.45) is 4.88. The van der Waals surface area contributed by atoms with Gasteiger partial charge in [-0.2, -0.15) is 9.40 Å². The fourth-order valence-corrected chi connectivity index (χ4v) is 3.63. The fraction of sp³-hybridized carbons (Fsp3) is 0.692. The van der Waals surface area contributed by atoms with Gasteiger partial charge >= 0.3 is 5.97 Å². The Morgan fingerprint density at radius 2 is 2.14 bits per heavy atom. The normalized spacial score (nSPS) is 13.5. The summed E-state index contributed by atoms with van der Waals surface area (Å²) in [7, 11) is -3.64. The van der Waals surface area contributed by atoms with Crippen LogP contribution in [-0.2, 0) is 21.4 Å². The zero-order valence-electron chi connectivity index (χ0n) is 12.7. The Balaban J connectivity index is 3.04. The van der Waals surface area contributed by atoms with Crippen LogP contribution in [0.3, 0.4) is 0 Å². The summed E-state index contributed by atoms with van der Waals surface area (Å²) in [4.78, 5) is 10.7. The van der Waals surface area contributed by atoms with Crippen LogP contribution in [0.5, 0.6) is 0 Å². The first-order valence-corrected chi connectivity index (χ1v) is 8.53. The summed E-state index contributed by atoms with van der Waals surface area (Å²) < 4.78 is 27.9. The second-order valence-electron chi connectivity index (χ2n) is 4.99. The van der Waals surface area contributed by atoms with Gasteiger partial charge in [-0.05, 0) is 19.8 Å². The number of nitrogens with zero attached hydrogens (tertiary/aromatic N) is 3. The van der Waals surface area contributed by atoms with Crippen LogP contribution in [-0.4, -0.2) is 46.2 Å². The van der Waals surface area contributed by atoms with Crippen molar-refractivity contribution in [3.8, 4) is 0 Å². The third kappa shape index (κ3) is 4.53. The van der Waals surface area contributed by atoms with Crippen molar-refractivity contribution in [2.45, 2.75) is 57.5 Å². The Kier molecular flexibility index (Phi) is 6.35. The Hall–Kier alpha value is -1.41. The molecule has 0 saturated carbocycles. The van der Waals surface area contributed by atoms with E-state index in [1.165, 1.54) is 16.7 Å². The van der Waals surface area contributed by atoms with E-state index in [0.717, 1.165) is 17.5 Å². The van der Waals surface area contributed by atoms with E-state index in [1.54, 1.807) is 0 Å². The third-order valence-corrected chi connectivity index (χ3v) is 5.29. The van der Waals surface area contributed by atoms with Gasteiger partial charge in [0.2, 0.25) is 10.0 Å². The predicted molar refractivity (Wildman–Crippen MR) is 78.4 cm³/mol. The minimum Gasteiger partial charge on any atom is -0.480 e. The average molecular weight is 317 g/mol. The minimum absolute atomic E-state index is 0.0418. The molecule has 0 radical (unpaired) electrons. The van der Waals surface area contributed by atoms with Gasteiger partial charge in [-0.25, -0.2) is 8.42 Å². The number of unbranched alkanes of at least 4 members (excludes halogenated alkanes) is 1. The van der Waals surface area contributed by atoms with E-state index in [0.29, 0.717) is 13.0 Å². The number of rotatable bonds is 9. The van der Waals surface area contributed by atoms with E-state index in [-0.39, 0.29) is 17.5 Å². The molecular weight excluding hydrogens is 294 g/mol. The predicted octanol–water partition coefficient (Wildman–Crippen LogP) is 1.56. The molecule has 1 rings (SSSR count). The first-order chi connectivity index (χ1) is 9.82. The van der Waals surface area contributed by atoms with E-state index in [1.807, 2.05) is 20.8 Å². The van der Waals surface area contributed by atoms with Gasteiger partial charge in [-0.15, -0.1) is 0 Å². The van der Waals surface area contributed by atoms with Crippen molar-refractivity contribution in [3.05, 3.63) is 12.4 Å². The lowest BCUT2D eigenvalue weighted by molar-refractivity contribution is -0.137. The smallest absolute Gasteiger partial charge is 0.325 e. The molecule has 8 heteroatoms. The molecule has 0 bridgehead atoms. The molecule has 0 aliphatic carbocycles. The Bertz CT molecular complexity index is 568. The van der Waals surface area contributed by atoms with Gasteiger partial charge in [0.25, 0.3) is 0 Å². The average Bonchev–Trinajstić information content (AvgIpc) is 2.87. The second-order valence-corrected chi connectivity index (χ2v) is 6.88. The number of sulfonamides is 1. The van der Waals surface area contributed by atoms with E-state index in [2.05, 4.69) is 5.10 Å². The molecule has 0 aliphatic heterocycles. The molecule has 1 N–H and O–H groups in total. The van der Waals surface area contributed by atoms with Crippen LogP contribution in [0.25, 0.3) is 0 Å². The van der Waals surface area contributed by atoms with E-state index < -0.39 is 16.0 Å². The molecule has 1 aromatic rings. The number of aromatic nitrogens is 2. The van der Waals surface area contributed by atoms with Crippen LogP contribution < -0.4 is 0 Å². The SMILES string of the molecule is CCCCN(C(C)CC)S(=O)(=O)c1cnn(CC(=O)O)c1. The van der Waals surface area contributed by atoms with Crippen molar-refractivity contribution in [2.24, 2.45) is 0 Å². The van der Waals surface area contributed by atoms with Crippen LogP contribution in [0.1, 0.15) is 40.0 Å². The Morgan fingerprint density at radius 1 is 1.48 bits per heavy atom. The number of carboxylic acid groups (broad SMARTS) is 1. The molecule has 1 aromatic heterocycles. The number of hydrogen-bond donors (Lipinski definition) is 1. The maximum Gasteiger partial charge on any atom is 0.325 e. The zero-order valence-corrected chi connectivity index (χ0v) is 13.5. The lowest BCUT2D eigenvalue weighted by Gasteiger charge is -2.26. The molecule has 1 heterocycles. The van der Waals surface area contributed by atoms with Crippen LogP contribution in [0.4, 0.5) is 0 Å². The molecule has 0 amide bonds. The molecule has 1 unspecified atom stereocenters. The van der Waals surface area contributed by atoms with Gasteiger partial charge in [0, 0.05) is 18.8 Å². The number of carboxylic acids is 1. The molecule has 7 nitrogen and oxygen atoms in total. The van der Waals surface area contributed by atoms with Crippen molar-refractivity contribution < 1.29 is 18.3 Å². The maximum atomic E-state index is 12.7. The number of aliphatic carboxylic acids is 1. The highest BCUT2D eigenvalue weighted by Crippen LogP contribution is 2.20. The molecule has 0 aromatic carbocycles. The highest BCUT2D eigenvalue weighted by Gasteiger charge is 2.29. The van der Waals surface area contributed by atoms with Crippen molar-refractivity contribution in [2.75, 3.05) is 6.54 Å². The van der Waals surface area contributed by atoms with Crippen LogP contribution >= 0.6 is 0 Å². The molecule has 0 saturated heterocycles. The largest absolute Gasteiger partial charge is 0.480 e. The summed E-state index contributed by atoms with van der Waals surface area (Å²) in [5, 5.41) is 12.5. The summed E-state index contributed by atoms with van der Waals surface area (Å²) in [5.74, 6) is -1.06. The highest BCUT2D eigenvalue weighted by atomic mass is 32.2. The van der Waals surface area contributed by atoms with Gasteiger partial charge < -0.3 is 5.11 Å². The summed E-state index contributed by atoms with van der Waals surface area (Å²) in [6.45, 7) is 5.92. The lowest BCUT2D eigenvalue weighted by atomic mass is 10.2. The standard InChI is InChI=1S/C13H23N3O4S/c1-4-6-7-16(11(3)5-2)21(19,20)12-8-14-15(9-12)10-13(17)18/h8-9,11H,4-7,10H2,1-3H3,(H,17,18). The van der Waals surface area contributed by atoms with E-state index in [9.17, 15) is 13.2 Å². The van der Waals surface area contributed by atoms with Crippen molar-refractivity contribution in [1.82, 2.24) is 14.1 Å². The minimum atomic E-state index is -3.64. The molecule has 0 aliphatic rings.